The van der Waals surface area contributed by atoms with Gasteiger partial charge < -0.3 is 19.7 Å². The maximum absolute atomic E-state index is 12.3. The van der Waals surface area contributed by atoms with Crippen molar-refractivity contribution in [2.75, 3.05) is 6.61 Å². The van der Waals surface area contributed by atoms with Crippen molar-refractivity contribution in [3.8, 4) is 0 Å². The molecule has 35 heavy (non-hydrogen) atoms. The van der Waals surface area contributed by atoms with Crippen molar-refractivity contribution in [1.82, 2.24) is 0 Å². The van der Waals surface area contributed by atoms with Crippen LogP contribution in [-0.4, -0.2) is 51.9 Å². The van der Waals surface area contributed by atoms with Gasteiger partial charge in [0.05, 0.1) is 18.8 Å². The lowest BCUT2D eigenvalue weighted by molar-refractivity contribution is -0.214. The first-order valence-electron chi connectivity index (χ1n) is 13.8. The van der Waals surface area contributed by atoms with E-state index in [9.17, 15) is 19.8 Å². The summed E-state index contributed by atoms with van der Waals surface area (Å²) in [5, 5.41) is 22.1. The topological polar surface area (TPSA) is 93.1 Å². The van der Waals surface area contributed by atoms with Crippen molar-refractivity contribution in [1.29, 1.82) is 0 Å². The zero-order chi connectivity index (χ0) is 25.7. The van der Waals surface area contributed by atoms with E-state index in [-0.39, 0.29) is 69.4 Å². The fourth-order valence-electron chi connectivity index (χ4n) is 9.25. The zero-order valence-electron chi connectivity index (χ0n) is 22.0. The number of alkyl halides is 1. The summed E-state index contributed by atoms with van der Waals surface area (Å²) in [5.41, 5.74) is -0.253. The first kappa shape index (κ1) is 27.4. The van der Waals surface area contributed by atoms with Gasteiger partial charge in [-0.3, -0.25) is 9.59 Å². The van der Waals surface area contributed by atoms with Gasteiger partial charge in [-0.25, -0.2) is 0 Å². The predicted molar refractivity (Wildman–Crippen MR) is 137 cm³/mol. The second-order valence-electron chi connectivity index (χ2n) is 12.5. The molecule has 4 fully saturated rings. The van der Waals surface area contributed by atoms with Crippen LogP contribution in [0, 0.1) is 46.3 Å². The molecule has 0 spiro atoms. The second kappa shape index (κ2) is 10.2. The number of esters is 2. The van der Waals surface area contributed by atoms with Crippen LogP contribution in [0.4, 0.5) is 0 Å². The average molecular weight is 558 g/mol. The minimum absolute atomic E-state index is 0.00929. The van der Waals surface area contributed by atoms with Crippen LogP contribution in [0.1, 0.15) is 86.0 Å². The van der Waals surface area contributed by atoms with Gasteiger partial charge in [-0.1, -0.05) is 36.7 Å². The summed E-state index contributed by atoms with van der Waals surface area (Å²) in [6, 6.07) is 0. The van der Waals surface area contributed by atoms with Gasteiger partial charge in [0.25, 0.3) is 0 Å². The number of ether oxygens (including phenoxy) is 2. The third-order valence-corrected chi connectivity index (χ3v) is 12.1. The Morgan fingerprint density at radius 3 is 2.46 bits per heavy atom. The van der Waals surface area contributed by atoms with Gasteiger partial charge in [-0.05, 0) is 92.8 Å². The Labute approximate surface area is 219 Å². The highest BCUT2D eigenvalue weighted by Crippen LogP contribution is 2.69. The van der Waals surface area contributed by atoms with E-state index in [0.29, 0.717) is 25.4 Å². The molecular weight excluding hydrogens is 512 g/mol. The number of aliphatic hydroxyl groups is 2. The lowest BCUT2D eigenvalue weighted by atomic mass is 9.43. The van der Waals surface area contributed by atoms with Gasteiger partial charge in [0, 0.05) is 23.6 Å². The lowest BCUT2D eigenvalue weighted by Gasteiger charge is -2.65. The summed E-state index contributed by atoms with van der Waals surface area (Å²) in [4.78, 5) is 24.3. The van der Waals surface area contributed by atoms with E-state index in [2.05, 4.69) is 36.7 Å². The molecule has 0 aliphatic heterocycles. The van der Waals surface area contributed by atoms with E-state index in [1.165, 1.54) is 6.92 Å². The van der Waals surface area contributed by atoms with Gasteiger partial charge in [0.15, 0.2) is 0 Å². The number of aliphatic hydroxyl groups excluding tert-OH is 2. The van der Waals surface area contributed by atoms with Crippen molar-refractivity contribution in [2.24, 2.45) is 46.3 Å². The maximum Gasteiger partial charge on any atom is 0.305 e. The minimum atomic E-state index is -0.487. The van der Waals surface area contributed by atoms with Crippen LogP contribution in [-0.2, 0) is 19.1 Å². The number of fused-ring (bicyclic) bond motifs is 5. The molecule has 4 aliphatic carbocycles. The van der Waals surface area contributed by atoms with E-state index >= 15 is 0 Å². The van der Waals surface area contributed by atoms with Crippen molar-refractivity contribution >= 4 is 27.9 Å². The quantitative estimate of drug-likeness (QED) is 0.358. The highest BCUT2D eigenvalue weighted by Gasteiger charge is 2.68. The highest BCUT2D eigenvalue weighted by molar-refractivity contribution is 9.09. The molecule has 0 aromatic rings. The zero-order valence-corrected chi connectivity index (χ0v) is 23.6. The van der Waals surface area contributed by atoms with Crippen LogP contribution < -0.4 is 0 Å². The van der Waals surface area contributed by atoms with Crippen molar-refractivity contribution in [3.05, 3.63) is 0 Å². The van der Waals surface area contributed by atoms with Crippen LogP contribution in [0.2, 0.25) is 0 Å². The van der Waals surface area contributed by atoms with Crippen LogP contribution in [0.5, 0.6) is 0 Å². The smallest absolute Gasteiger partial charge is 0.305 e. The molecule has 0 aromatic heterocycles. The summed E-state index contributed by atoms with van der Waals surface area (Å²) < 4.78 is 11.3. The van der Waals surface area contributed by atoms with Gasteiger partial charge in [0.2, 0.25) is 0 Å². The molecule has 4 aliphatic rings. The van der Waals surface area contributed by atoms with Crippen LogP contribution in [0.3, 0.4) is 0 Å². The summed E-state index contributed by atoms with van der Waals surface area (Å²) in [7, 11) is 0. The Bertz CT molecular complexity index is 804. The van der Waals surface area contributed by atoms with Crippen LogP contribution in [0.25, 0.3) is 0 Å². The van der Waals surface area contributed by atoms with E-state index in [1.807, 2.05) is 6.92 Å². The predicted octanol–water partition coefficient (Wildman–Crippen LogP) is 4.87. The largest absolute Gasteiger partial charge is 0.466 e. The fourth-order valence-corrected chi connectivity index (χ4v) is 10.4. The molecule has 7 heteroatoms. The molecule has 0 aromatic carbocycles. The monoisotopic (exact) mass is 556 g/mol. The molecule has 4 saturated carbocycles. The molecule has 0 unspecified atom stereocenters. The van der Waals surface area contributed by atoms with Gasteiger partial charge >= 0.3 is 11.9 Å². The molecule has 2 N–H and O–H groups in total. The lowest BCUT2D eigenvalue weighted by Crippen LogP contribution is -2.66. The van der Waals surface area contributed by atoms with E-state index in [1.54, 1.807) is 0 Å². The summed E-state index contributed by atoms with van der Waals surface area (Å²) in [6.07, 6.45) is 5.38. The summed E-state index contributed by atoms with van der Waals surface area (Å²) in [6.45, 7) is 10.6. The average Bonchev–Trinajstić information content (AvgIpc) is 3.15. The Kier molecular flexibility index (Phi) is 8.01. The molecule has 12 atom stereocenters. The van der Waals surface area contributed by atoms with E-state index < -0.39 is 6.10 Å². The first-order valence-corrected chi connectivity index (χ1v) is 14.7. The van der Waals surface area contributed by atoms with Crippen molar-refractivity contribution in [3.63, 3.8) is 0 Å². The van der Waals surface area contributed by atoms with Crippen LogP contribution in [0.15, 0.2) is 0 Å². The molecular formula is C28H45BrO6. The number of halogens is 1. The van der Waals surface area contributed by atoms with E-state index in [4.69, 9.17) is 9.47 Å². The molecule has 0 saturated heterocycles. The number of hydrogen-bond acceptors (Lipinski definition) is 6. The SMILES string of the molecule is CCOC(=O)CC[C@H](C)[C@H]1CC[C@@H]2[C@H]3[C@H](O)[C@H](Br)[C@@H]4C[C@H](O)CC[C@]4(C)[C@H]3C[C@H](OC(C)=O)[C@@]21C. The van der Waals surface area contributed by atoms with Gasteiger partial charge in [-0.15, -0.1) is 0 Å². The molecule has 6 nitrogen and oxygen atoms in total. The standard InChI is InChI=1S/C28H45BrO6/c1-6-34-23(32)10-7-15(2)18-8-9-19-24-20(14-22(28(18,19)5)35-16(3)30)27(4)12-11-17(31)13-21(27)25(29)26(24)33/h15,17-22,24-26,31,33H,6-14H2,1-5H3/t15-,17+,18+,19+,20-,21-,22-,24+,25+,26-,27+,28+/m0/s1. The Morgan fingerprint density at radius 1 is 1.09 bits per heavy atom. The third kappa shape index (κ3) is 4.60. The molecule has 4 rings (SSSR count). The maximum atomic E-state index is 12.3. The fraction of sp³-hybridized carbons (Fsp3) is 0.929. The number of hydrogen-bond donors (Lipinski definition) is 2. The Balaban J connectivity index is 1.66. The molecule has 0 heterocycles. The number of carbonyl (C=O) groups is 2. The normalized spacial score (nSPS) is 47.7. The van der Waals surface area contributed by atoms with Gasteiger partial charge in [0.1, 0.15) is 6.10 Å². The molecule has 0 amide bonds. The van der Waals surface area contributed by atoms with Crippen LogP contribution >= 0.6 is 15.9 Å². The van der Waals surface area contributed by atoms with Gasteiger partial charge in [-0.2, -0.15) is 0 Å². The minimum Gasteiger partial charge on any atom is -0.466 e. The second-order valence-corrected chi connectivity index (χ2v) is 13.5. The van der Waals surface area contributed by atoms with Crippen molar-refractivity contribution in [2.45, 2.75) is 109 Å². The number of carbonyl (C=O) groups excluding carboxylic acids is 2. The Morgan fingerprint density at radius 2 is 1.80 bits per heavy atom. The highest BCUT2D eigenvalue weighted by atomic mass is 79.9. The summed E-state index contributed by atoms with van der Waals surface area (Å²) >= 11 is 3.89. The molecule has 200 valence electrons. The Hall–Kier alpha value is -0.660. The third-order valence-electron chi connectivity index (χ3n) is 10.9. The van der Waals surface area contributed by atoms with Crippen molar-refractivity contribution < 1.29 is 29.3 Å². The van der Waals surface area contributed by atoms with E-state index in [0.717, 1.165) is 38.5 Å². The molecule has 0 radical (unpaired) electrons. The molecule has 0 bridgehead atoms. The summed E-state index contributed by atoms with van der Waals surface area (Å²) in [5.74, 6) is 1.04. The number of rotatable bonds is 6. The first-order chi connectivity index (χ1) is 16.4.